The number of aryl methyl sites for hydroxylation is 1. The first-order valence-corrected chi connectivity index (χ1v) is 10.2. The number of pyridine rings is 1. The molecule has 3 heteroatoms. The number of aromatic nitrogens is 1. The zero-order valence-corrected chi connectivity index (χ0v) is 16.7. The van der Waals surface area contributed by atoms with Gasteiger partial charge in [0.15, 0.2) is 0 Å². The van der Waals surface area contributed by atoms with E-state index in [1.807, 2.05) is 55.5 Å². The van der Waals surface area contributed by atoms with E-state index in [1.54, 1.807) is 12.3 Å². The van der Waals surface area contributed by atoms with E-state index in [0.29, 0.717) is 11.3 Å². The summed E-state index contributed by atoms with van der Waals surface area (Å²) in [7, 11) is 0. The minimum atomic E-state index is -0.222. The zero-order chi connectivity index (χ0) is 19.8. The van der Waals surface area contributed by atoms with Gasteiger partial charge < -0.3 is 4.74 Å². The number of hydrogen-bond donors (Lipinski definition) is 0. The molecule has 1 heterocycles. The molecule has 0 saturated carbocycles. The lowest BCUT2D eigenvalue weighted by atomic mass is 10.0. The van der Waals surface area contributed by atoms with Crippen LogP contribution >= 0.6 is 0 Å². The summed E-state index contributed by atoms with van der Waals surface area (Å²) in [6.07, 6.45) is 7.42. The Balaban J connectivity index is 1.65. The molecule has 0 aliphatic heterocycles. The highest BCUT2D eigenvalue weighted by Gasteiger charge is 2.08. The lowest BCUT2D eigenvalue weighted by molar-refractivity contribution is 0.305. The first-order valence-electron chi connectivity index (χ1n) is 10.2. The van der Waals surface area contributed by atoms with Gasteiger partial charge in [-0.25, -0.2) is 4.39 Å². The maximum absolute atomic E-state index is 14.3. The number of unbranched alkanes of at least 4 members (excludes halogenated alkanes) is 3. The van der Waals surface area contributed by atoms with E-state index < -0.39 is 0 Å². The van der Waals surface area contributed by atoms with Crippen LogP contribution in [0, 0.1) is 5.82 Å². The maximum atomic E-state index is 14.3. The van der Waals surface area contributed by atoms with E-state index >= 15 is 0 Å². The van der Waals surface area contributed by atoms with Gasteiger partial charge in [-0.05, 0) is 54.3 Å². The Morgan fingerprint density at radius 2 is 1.64 bits per heavy atom. The van der Waals surface area contributed by atoms with Crippen molar-refractivity contribution >= 4 is 0 Å². The topological polar surface area (TPSA) is 22.1 Å². The third kappa shape index (κ3) is 5.19. The van der Waals surface area contributed by atoms with Crippen molar-refractivity contribution in [1.29, 1.82) is 0 Å². The van der Waals surface area contributed by atoms with Gasteiger partial charge in [-0.3, -0.25) is 4.98 Å². The number of hydrogen-bond acceptors (Lipinski definition) is 2. The molecule has 2 nitrogen and oxygen atoms in total. The Morgan fingerprint density at radius 1 is 0.857 bits per heavy atom. The first-order chi connectivity index (χ1) is 13.7. The molecule has 0 N–H and O–H groups in total. The smallest absolute Gasteiger partial charge is 0.132 e. The van der Waals surface area contributed by atoms with Gasteiger partial charge in [-0.2, -0.15) is 0 Å². The van der Waals surface area contributed by atoms with Crippen LogP contribution in [0.3, 0.4) is 0 Å². The zero-order valence-electron chi connectivity index (χ0n) is 16.7. The summed E-state index contributed by atoms with van der Waals surface area (Å²) in [5.74, 6) is 0.669. The van der Waals surface area contributed by atoms with Gasteiger partial charge in [-0.15, -0.1) is 0 Å². The molecule has 0 saturated heterocycles. The van der Waals surface area contributed by atoms with Crippen LogP contribution in [0.2, 0.25) is 0 Å². The molecular weight excluding hydrogens is 349 g/mol. The van der Waals surface area contributed by atoms with Crippen LogP contribution in [-0.2, 0) is 6.42 Å². The van der Waals surface area contributed by atoms with E-state index in [2.05, 4.69) is 11.9 Å². The predicted octanol–water partition coefficient (Wildman–Crippen LogP) is 7.08. The minimum absolute atomic E-state index is 0.222. The SMILES string of the molecule is CCCCCCOc1ccc(-c2ccc(-c3ccc(CC)cc3F)nc2)cc1. The van der Waals surface area contributed by atoms with E-state index in [0.717, 1.165) is 41.9 Å². The van der Waals surface area contributed by atoms with Crippen molar-refractivity contribution in [2.24, 2.45) is 0 Å². The lowest BCUT2D eigenvalue weighted by Crippen LogP contribution is -1.97. The Morgan fingerprint density at radius 3 is 2.29 bits per heavy atom. The third-order valence-electron chi connectivity index (χ3n) is 4.94. The number of benzene rings is 2. The average molecular weight is 378 g/mol. The van der Waals surface area contributed by atoms with E-state index in [-0.39, 0.29) is 5.82 Å². The van der Waals surface area contributed by atoms with Crippen molar-refractivity contribution < 1.29 is 9.13 Å². The molecular formula is C25H28FNO. The minimum Gasteiger partial charge on any atom is -0.494 e. The van der Waals surface area contributed by atoms with Crippen molar-refractivity contribution in [3.05, 3.63) is 72.2 Å². The highest BCUT2D eigenvalue weighted by molar-refractivity contribution is 5.67. The Bertz CT molecular complexity index is 872. The van der Waals surface area contributed by atoms with Gasteiger partial charge in [0, 0.05) is 17.3 Å². The number of nitrogens with zero attached hydrogens (tertiary/aromatic N) is 1. The van der Waals surface area contributed by atoms with Gasteiger partial charge in [0.1, 0.15) is 11.6 Å². The van der Waals surface area contributed by atoms with Gasteiger partial charge in [0.05, 0.1) is 12.3 Å². The molecule has 0 radical (unpaired) electrons. The largest absolute Gasteiger partial charge is 0.494 e. The Hall–Kier alpha value is -2.68. The van der Waals surface area contributed by atoms with Crippen molar-refractivity contribution in [3.8, 4) is 28.1 Å². The predicted molar refractivity (Wildman–Crippen MR) is 114 cm³/mol. The second kappa shape index (κ2) is 10.0. The van der Waals surface area contributed by atoms with E-state index in [9.17, 15) is 4.39 Å². The summed E-state index contributed by atoms with van der Waals surface area (Å²) in [5.41, 5.74) is 4.25. The molecule has 1 aromatic heterocycles. The second-order valence-electron chi connectivity index (χ2n) is 7.03. The quantitative estimate of drug-likeness (QED) is 0.372. The van der Waals surface area contributed by atoms with Crippen molar-refractivity contribution in [2.45, 2.75) is 46.0 Å². The van der Waals surface area contributed by atoms with Gasteiger partial charge >= 0.3 is 0 Å². The summed E-state index contributed by atoms with van der Waals surface area (Å²) >= 11 is 0. The molecule has 0 aliphatic carbocycles. The molecule has 0 bridgehead atoms. The number of ether oxygens (including phenoxy) is 1. The summed E-state index contributed by atoms with van der Waals surface area (Å²) in [5, 5.41) is 0. The Labute approximate surface area is 167 Å². The molecule has 0 atom stereocenters. The molecule has 0 unspecified atom stereocenters. The summed E-state index contributed by atoms with van der Waals surface area (Å²) in [6.45, 7) is 4.99. The standard InChI is InChI=1S/C25H28FNO/c1-3-5-6-7-16-28-22-12-9-20(10-13-22)21-11-15-25(27-18-21)23-14-8-19(4-2)17-24(23)26/h8-15,17-18H,3-7,16H2,1-2H3. The summed E-state index contributed by atoms with van der Waals surface area (Å²) < 4.78 is 20.1. The van der Waals surface area contributed by atoms with Gasteiger partial charge in [0.25, 0.3) is 0 Å². The number of halogens is 1. The van der Waals surface area contributed by atoms with Gasteiger partial charge in [0.2, 0.25) is 0 Å². The van der Waals surface area contributed by atoms with Crippen LogP contribution in [0.5, 0.6) is 5.75 Å². The summed E-state index contributed by atoms with van der Waals surface area (Å²) in [4.78, 5) is 4.47. The monoisotopic (exact) mass is 377 g/mol. The van der Waals surface area contributed by atoms with Crippen molar-refractivity contribution in [2.75, 3.05) is 6.61 Å². The van der Waals surface area contributed by atoms with Crippen molar-refractivity contribution in [3.63, 3.8) is 0 Å². The lowest BCUT2D eigenvalue weighted by Gasteiger charge is -2.08. The maximum Gasteiger partial charge on any atom is 0.132 e. The molecule has 3 rings (SSSR count). The fraction of sp³-hybridized carbons (Fsp3) is 0.320. The van der Waals surface area contributed by atoms with Crippen LogP contribution in [0.1, 0.15) is 45.1 Å². The second-order valence-corrected chi connectivity index (χ2v) is 7.03. The molecule has 0 fully saturated rings. The van der Waals surface area contributed by atoms with Crippen LogP contribution in [-0.4, -0.2) is 11.6 Å². The fourth-order valence-electron chi connectivity index (χ4n) is 3.17. The molecule has 3 aromatic rings. The van der Waals surface area contributed by atoms with E-state index in [1.165, 1.54) is 19.3 Å². The molecule has 28 heavy (non-hydrogen) atoms. The van der Waals surface area contributed by atoms with E-state index in [4.69, 9.17) is 4.74 Å². The summed E-state index contributed by atoms with van der Waals surface area (Å²) in [6, 6.07) is 17.3. The van der Waals surface area contributed by atoms with Crippen LogP contribution in [0.15, 0.2) is 60.8 Å². The average Bonchev–Trinajstić information content (AvgIpc) is 2.74. The van der Waals surface area contributed by atoms with Crippen molar-refractivity contribution in [1.82, 2.24) is 4.98 Å². The van der Waals surface area contributed by atoms with Gasteiger partial charge in [-0.1, -0.05) is 57.4 Å². The first kappa shape index (κ1) is 20.1. The van der Waals surface area contributed by atoms with Crippen LogP contribution in [0.4, 0.5) is 4.39 Å². The highest BCUT2D eigenvalue weighted by Crippen LogP contribution is 2.26. The fourth-order valence-corrected chi connectivity index (χ4v) is 3.17. The molecule has 146 valence electrons. The molecule has 0 aliphatic rings. The third-order valence-corrected chi connectivity index (χ3v) is 4.94. The molecule has 0 amide bonds. The van der Waals surface area contributed by atoms with Crippen LogP contribution in [0.25, 0.3) is 22.4 Å². The normalized spacial score (nSPS) is 10.8. The Kier molecular flexibility index (Phi) is 7.18. The van der Waals surface area contributed by atoms with Crippen LogP contribution < -0.4 is 4.74 Å². The highest BCUT2D eigenvalue weighted by atomic mass is 19.1. The molecule has 0 spiro atoms. The number of rotatable bonds is 9. The molecule has 2 aromatic carbocycles.